The van der Waals surface area contributed by atoms with Gasteiger partial charge in [-0.3, -0.25) is 4.79 Å². The maximum atomic E-state index is 12.6. The van der Waals surface area contributed by atoms with Gasteiger partial charge >= 0.3 is 0 Å². The summed E-state index contributed by atoms with van der Waals surface area (Å²) in [6.45, 7) is 7.15. The molecule has 8 nitrogen and oxygen atoms in total. The van der Waals surface area contributed by atoms with Crippen LogP contribution in [0.15, 0.2) is 29.4 Å². The summed E-state index contributed by atoms with van der Waals surface area (Å²) in [6, 6.07) is 6.85. The van der Waals surface area contributed by atoms with Crippen LogP contribution in [-0.2, 0) is 0 Å². The van der Waals surface area contributed by atoms with Gasteiger partial charge < -0.3 is 10.6 Å². The zero-order chi connectivity index (χ0) is 19.4. The van der Waals surface area contributed by atoms with Crippen molar-refractivity contribution in [3.63, 3.8) is 0 Å². The lowest BCUT2D eigenvalue weighted by atomic mass is 10.1. The molecule has 3 aromatic rings. The molecule has 0 unspecified atom stereocenters. The van der Waals surface area contributed by atoms with E-state index < -0.39 is 0 Å². The first-order valence-corrected chi connectivity index (χ1v) is 9.86. The summed E-state index contributed by atoms with van der Waals surface area (Å²) in [6.07, 6.45) is 0. The molecule has 0 amide bonds. The number of fused-ring (bicyclic) bond motifs is 1. The Bertz CT molecular complexity index is 944. The zero-order valence-corrected chi connectivity index (χ0v) is 16.8. The summed E-state index contributed by atoms with van der Waals surface area (Å²) in [5.41, 5.74) is 0.603. The van der Waals surface area contributed by atoms with Crippen molar-refractivity contribution in [2.45, 2.75) is 31.2 Å². The highest BCUT2D eigenvalue weighted by atomic mass is 35.5. The quantitative estimate of drug-likeness (QED) is 0.434. The molecule has 0 radical (unpaired) electrons. The third-order valence-electron chi connectivity index (χ3n) is 3.64. The first-order chi connectivity index (χ1) is 13.0. The van der Waals surface area contributed by atoms with Crippen LogP contribution >= 0.6 is 23.4 Å². The fraction of sp³-hybridized carbons (Fsp3) is 0.353. The number of rotatable bonds is 8. The van der Waals surface area contributed by atoms with Crippen LogP contribution in [0.4, 0.5) is 11.9 Å². The smallest absolute Gasteiger partial charge is 0.259 e. The Morgan fingerprint density at radius 2 is 1.85 bits per heavy atom. The SMILES string of the molecule is CCNc1nc(NCC)n2nc(S[C@H](C)C(=O)c3ccc(Cl)cc3)nc2n1. The lowest BCUT2D eigenvalue weighted by molar-refractivity contribution is 0.0994. The number of Topliss-reactive ketones (excluding diaryl/α,β-unsaturated/α-hetero) is 1. The molecule has 2 aromatic heterocycles. The molecule has 0 aliphatic heterocycles. The summed E-state index contributed by atoms with van der Waals surface area (Å²) in [4.78, 5) is 25.8. The number of hydrogen-bond acceptors (Lipinski definition) is 8. The number of nitrogens with zero attached hydrogens (tertiary/aromatic N) is 5. The van der Waals surface area contributed by atoms with E-state index in [1.54, 1.807) is 28.8 Å². The Kier molecular flexibility index (Phi) is 6.12. The zero-order valence-electron chi connectivity index (χ0n) is 15.2. The van der Waals surface area contributed by atoms with Gasteiger partial charge in [0.05, 0.1) is 5.25 Å². The minimum atomic E-state index is -0.354. The largest absolute Gasteiger partial charge is 0.354 e. The van der Waals surface area contributed by atoms with Crippen LogP contribution in [0, 0.1) is 0 Å². The number of carbonyl (C=O) groups is 1. The standard InChI is InChI=1S/C17H20ClN7OS/c1-4-19-14-21-15(20-5-2)25-16(22-14)23-17(24-25)27-10(3)13(26)11-6-8-12(18)9-7-11/h6-10H,4-5H2,1-3H3,(H2,19,20,21,22,23,24)/t10-/m1/s1. The number of carbonyl (C=O) groups excluding carboxylic acids is 1. The van der Waals surface area contributed by atoms with Crippen molar-refractivity contribution in [1.29, 1.82) is 0 Å². The second-order valence-corrected chi connectivity index (χ2v) is 7.41. The van der Waals surface area contributed by atoms with Gasteiger partial charge in [0.2, 0.25) is 17.1 Å². The Balaban J connectivity index is 1.84. The summed E-state index contributed by atoms with van der Waals surface area (Å²) < 4.78 is 1.55. The van der Waals surface area contributed by atoms with Crippen molar-refractivity contribution in [2.24, 2.45) is 0 Å². The molecule has 142 valence electrons. The number of nitrogens with one attached hydrogen (secondary N) is 2. The van der Waals surface area contributed by atoms with Crippen molar-refractivity contribution < 1.29 is 4.79 Å². The topological polar surface area (TPSA) is 97.1 Å². The number of thioether (sulfide) groups is 1. The molecule has 0 saturated heterocycles. The van der Waals surface area contributed by atoms with E-state index in [2.05, 4.69) is 30.7 Å². The fourth-order valence-corrected chi connectivity index (χ4v) is 3.34. The lowest BCUT2D eigenvalue weighted by Crippen LogP contribution is -2.13. The summed E-state index contributed by atoms with van der Waals surface area (Å²) in [7, 11) is 0. The van der Waals surface area contributed by atoms with E-state index in [9.17, 15) is 4.79 Å². The van der Waals surface area contributed by atoms with Gasteiger partial charge in [0.25, 0.3) is 5.78 Å². The molecule has 0 bridgehead atoms. The van der Waals surface area contributed by atoms with Crippen molar-refractivity contribution in [2.75, 3.05) is 23.7 Å². The molecule has 1 aromatic carbocycles. The average Bonchev–Trinajstić information content (AvgIpc) is 3.05. The number of aromatic nitrogens is 5. The Hall–Kier alpha value is -2.39. The highest BCUT2D eigenvalue weighted by Crippen LogP contribution is 2.24. The van der Waals surface area contributed by atoms with Crippen LogP contribution in [0.1, 0.15) is 31.1 Å². The summed E-state index contributed by atoms with van der Waals surface area (Å²) in [5, 5.41) is 11.4. The van der Waals surface area contributed by atoms with E-state index in [4.69, 9.17) is 11.6 Å². The predicted octanol–water partition coefficient (Wildman–Crippen LogP) is 3.40. The molecule has 2 heterocycles. The third-order valence-corrected chi connectivity index (χ3v) is 4.84. The first-order valence-electron chi connectivity index (χ1n) is 8.60. The van der Waals surface area contributed by atoms with Gasteiger partial charge in [0.15, 0.2) is 5.78 Å². The number of anilines is 2. The monoisotopic (exact) mass is 405 g/mol. The maximum absolute atomic E-state index is 12.6. The molecule has 1 atom stereocenters. The highest BCUT2D eigenvalue weighted by Gasteiger charge is 2.20. The van der Waals surface area contributed by atoms with Crippen molar-refractivity contribution in [1.82, 2.24) is 24.6 Å². The number of ketones is 1. The average molecular weight is 406 g/mol. The van der Waals surface area contributed by atoms with Crippen molar-refractivity contribution >= 4 is 46.8 Å². The first kappa shape index (κ1) is 19.4. The van der Waals surface area contributed by atoms with E-state index >= 15 is 0 Å². The molecule has 0 fully saturated rings. The second-order valence-electron chi connectivity index (χ2n) is 5.67. The van der Waals surface area contributed by atoms with Crippen LogP contribution in [0.2, 0.25) is 5.02 Å². The van der Waals surface area contributed by atoms with E-state index in [0.29, 0.717) is 46.5 Å². The summed E-state index contributed by atoms with van der Waals surface area (Å²) in [5.74, 6) is 1.44. The van der Waals surface area contributed by atoms with Gasteiger partial charge in [-0.25, -0.2) is 0 Å². The maximum Gasteiger partial charge on any atom is 0.259 e. The lowest BCUT2D eigenvalue weighted by Gasteiger charge is -2.07. The van der Waals surface area contributed by atoms with Crippen LogP contribution in [0.25, 0.3) is 5.78 Å². The molecule has 0 aliphatic rings. The van der Waals surface area contributed by atoms with Gasteiger partial charge in [-0.1, -0.05) is 23.4 Å². The molecule has 2 N–H and O–H groups in total. The third kappa shape index (κ3) is 4.48. The number of benzene rings is 1. The molecular weight excluding hydrogens is 386 g/mol. The van der Waals surface area contributed by atoms with Gasteiger partial charge in [-0.05, 0) is 45.0 Å². The van der Waals surface area contributed by atoms with Crippen LogP contribution in [0.5, 0.6) is 0 Å². The van der Waals surface area contributed by atoms with Crippen molar-refractivity contribution in [3.05, 3.63) is 34.9 Å². The van der Waals surface area contributed by atoms with Crippen LogP contribution < -0.4 is 10.6 Å². The molecule has 10 heteroatoms. The van der Waals surface area contributed by atoms with E-state index in [1.807, 2.05) is 20.8 Å². The molecule has 0 spiro atoms. The molecule has 3 rings (SSSR count). The number of hydrogen-bond donors (Lipinski definition) is 2. The van der Waals surface area contributed by atoms with Crippen LogP contribution in [-0.4, -0.2) is 48.7 Å². The Morgan fingerprint density at radius 1 is 1.15 bits per heavy atom. The molecule has 27 heavy (non-hydrogen) atoms. The van der Waals surface area contributed by atoms with Gasteiger partial charge in [-0.15, -0.1) is 5.10 Å². The normalized spacial score (nSPS) is 12.1. The van der Waals surface area contributed by atoms with E-state index in [1.165, 1.54) is 11.8 Å². The number of halogens is 1. The Morgan fingerprint density at radius 3 is 2.52 bits per heavy atom. The minimum absolute atomic E-state index is 0.0122. The van der Waals surface area contributed by atoms with Gasteiger partial charge in [0.1, 0.15) is 0 Å². The molecular formula is C17H20ClN7OS. The fourth-order valence-electron chi connectivity index (χ4n) is 2.39. The van der Waals surface area contributed by atoms with Gasteiger partial charge in [-0.2, -0.15) is 19.5 Å². The van der Waals surface area contributed by atoms with Crippen molar-refractivity contribution in [3.8, 4) is 0 Å². The predicted molar refractivity (Wildman–Crippen MR) is 108 cm³/mol. The molecule has 0 aliphatic carbocycles. The van der Waals surface area contributed by atoms with E-state index in [-0.39, 0.29) is 11.0 Å². The van der Waals surface area contributed by atoms with Crippen LogP contribution in [0.3, 0.4) is 0 Å². The Labute approximate surface area is 166 Å². The second kappa shape index (κ2) is 8.53. The molecule has 0 saturated carbocycles. The minimum Gasteiger partial charge on any atom is -0.354 e. The van der Waals surface area contributed by atoms with Gasteiger partial charge in [0, 0.05) is 23.7 Å². The van der Waals surface area contributed by atoms with E-state index in [0.717, 1.165) is 0 Å². The summed E-state index contributed by atoms with van der Waals surface area (Å²) >= 11 is 7.16. The highest BCUT2D eigenvalue weighted by molar-refractivity contribution is 8.00.